The number of benzene rings is 1. The summed E-state index contributed by atoms with van der Waals surface area (Å²) in [5.41, 5.74) is 11.1. The molecule has 1 aromatic carbocycles. The van der Waals surface area contributed by atoms with Crippen molar-refractivity contribution in [3.63, 3.8) is 0 Å². The van der Waals surface area contributed by atoms with Crippen molar-refractivity contribution < 1.29 is 19.1 Å². The van der Waals surface area contributed by atoms with Crippen molar-refractivity contribution in [2.45, 2.75) is 119 Å². The number of hydrogen-bond acceptors (Lipinski definition) is 8. The van der Waals surface area contributed by atoms with Gasteiger partial charge in [-0.2, -0.15) is 0 Å². The first-order valence-corrected chi connectivity index (χ1v) is 19.8. The number of rotatable bonds is 12. The van der Waals surface area contributed by atoms with Gasteiger partial charge in [0.15, 0.2) is 0 Å². The van der Waals surface area contributed by atoms with Gasteiger partial charge in [0.25, 0.3) is 0 Å². The van der Waals surface area contributed by atoms with Crippen molar-refractivity contribution in [2.24, 2.45) is 20.8 Å². The third kappa shape index (κ3) is 8.22. The third-order valence-corrected chi connectivity index (χ3v) is 10.6. The van der Waals surface area contributed by atoms with Crippen LogP contribution in [0.5, 0.6) is 0 Å². The van der Waals surface area contributed by atoms with Crippen molar-refractivity contribution >= 4 is 35.0 Å². The molecule has 10 heteroatoms. The molecule has 2 saturated heterocycles. The van der Waals surface area contributed by atoms with E-state index in [1.807, 2.05) is 53.9 Å². The van der Waals surface area contributed by atoms with Crippen LogP contribution in [0.2, 0.25) is 0 Å². The number of fused-ring (bicyclic) bond motifs is 2. The number of aliphatic imine (C=N–C) groups is 2. The predicted octanol–water partition coefficient (Wildman–Crippen LogP) is 8.07. The smallest absolute Gasteiger partial charge is 0.306 e. The van der Waals surface area contributed by atoms with E-state index >= 15 is 0 Å². The van der Waals surface area contributed by atoms with Crippen LogP contribution in [0.3, 0.4) is 0 Å². The van der Waals surface area contributed by atoms with Gasteiger partial charge < -0.3 is 19.3 Å². The zero-order chi connectivity index (χ0) is 38.4. The number of esters is 2. The third-order valence-electron chi connectivity index (χ3n) is 10.6. The molecular weight excluding hydrogens is 677 g/mol. The number of nitrogens with zero attached hydrogens (tertiary/aromatic N) is 6. The summed E-state index contributed by atoms with van der Waals surface area (Å²) >= 11 is 0. The van der Waals surface area contributed by atoms with Gasteiger partial charge >= 0.3 is 11.9 Å². The highest BCUT2D eigenvalue weighted by Crippen LogP contribution is 2.45. The van der Waals surface area contributed by atoms with E-state index in [0.717, 1.165) is 73.2 Å². The maximum atomic E-state index is 12.6. The Kier molecular flexibility index (Phi) is 10.4. The largest absolute Gasteiger partial charge is 0.459 e. The van der Waals surface area contributed by atoms with E-state index in [4.69, 9.17) is 29.4 Å². The second kappa shape index (κ2) is 14.9. The zero-order valence-electron chi connectivity index (χ0n) is 33.4. The van der Waals surface area contributed by atoms with Gasteiger partial charge in [-0.3, -0.25) is 29.5 Å². The van der Waals surface area contributed by atoms with Crippen LogP contribution in [0.15, 0.2) is 46.6 Å². The van der Waals surface area contributed by atoms with Crippen LogP contribution in [-0.4, -0.2) is 59.8 Å². The summed E-state index contributed by atoms with van der Waals surface area (Å²) in [6.07, 6.45) is 8.31. The van der Waals surface area contributed by atoms with E-state index in [2.05, 4.69) is 47.9 Å². The van der Waals surface area contributed by atoms with Crippen molar-refractivity contribution in [3.05, 3.63) is 81.4 Å². The summed E-state index contributed by atoms with van der Waals surface area (Å²) in [5.74, 6) is 2.03. The quantitative estimate of drug-likeness (QED) is 0.119. The number of carbonyl (C=O) groups is 2. The first-order valence-electron chi connectivity index (χ1n) is 19.8. The van der Waals surface area contributed by atoms with Crippen LogP contribution < -0.4 is 9.80 Å². The molecule has 2 aliphatic carbocycles. The van der Waals surface area contributed by atoms with E-state index in [1.54, 1.807) is 0 Å². The molecule has 54 heavy (non-hydrogen) atoms. The number of pyridine rings is 2. The lowest BCUT2D eigenvalue weighted by Crippen LogP contribution is -2.29. The molecule has 1 unspecified atom stereocenters. The molecule has 0 saturated carbocycles. The van der Waals surface area contributed by atoms with Gasteiger partial charge in [0.05, 0.1) is 24.2 Å². The van der Waals surface area contributed by atoms with Gasteiger partial charge in [-0.1, -0.05) is 65.8 Å². The number of amidine groups is 2. The fraction of sp³-hybridized carbons (Fsp3) is 0.545. The molecule has 0 spiro atoms. The van der Waals surface area contributed by atoms with Gasteiger partial charge in [-0.25, -0.2) is 0 Å². The van der Waals surface area contributed by atoms with Gasteiger partial charge in [-0.05, 0) is 70.9 Å². The average molecular weight is 733 g/mol. The Bertz CT molecular complexity index is 1840. The second-order valence-electron chi connectivity index (χ2n) is 17.6. The van der Waals surface area contributed by atoms with Gasteiger partial charge in [0, 0.05) is 63.3 Å². The standard InChI is InChI=1S/C44H56N6O4/c1-9-45-41-31(15-17-49(41)39-33-19-29(33)23-47-35(39)25-53-37(51)21-43(3,4)5)27-11-13-28(14-12-27)32-16-18-50(42(32)46-10-2)40-34-20-30(34)24-48-36(40)26-54-38(52)22-44(6,7)8/h11-14,23-24,31-32H,9-10,15-22,25-26H2,1-8H3/t31-,32?/m1/s1. The molecule has 3 aromatic rings. The number of hydrogen-bond donors (Lipinski definition) is 0. The fourth-order valence-corrected chi connectivity index (χ4v) is 8.05. The molecule has 0 radical (unpaired) electrons. The SMILES string of the molecule is CCN=C1C(c2ccc([C@H]3CCN(c4c(COC(=O)CC(C)(C)C)ncc5c4C5)C3=NCC)cc2)CCN1c1c(COC(=O)CC(C)(C)C)ncc2c1C2. The van der Waals surface area contributed by atoms with Crippen LogP contribution in [0.4, 0.5) is 11.4 Å². The lowest BCUT2D eigenvalue weighted by Gasteiger charge is -2.25. The summed E-state index contributed by atoms with van der Waals surface area (Å²) in [6.45, 7) is 19.8. The average Bonchev–Trinajstić information content (AvgIpc) is 3.99. The van der Waals surface area contributed by atoms with Gasteiger partial charge in [0.2, 0.25) is 0 Å². The molecule has 286 valence electrons. The van der Waals surface area contributed by atoms with E-state index < -0.39 is 0 Å². The molecule has 0 N–H and O–H groups in total. The molecule has 7 rings (SSSR count). The minimum atomic E-state index is -0.199. The van der Waals surface area contributed by atoms with E-state index in [1.165, 1.54) is 33.4 Å². The molecule has 2 fully saturated rings. The van der Waals surface area contributed by atoms with Crippen LogP contribution in [-0.2, 0) is 45.1 Å². The highest BCUT2D eigenvalue weighted by molar-refractivity contribution is 6.07. The van der Waals surface area contributed by atoms with Gasteiger partial charge in [0.1, 0.15) is 36.3 Å². The van der Waals surface area contributed by atoms with Crippen molar-refractivity contribution in [2.75, 3.05) is 36.0 Å². The van der Waals surface area contributed by atoms with E-state index in [9.17, 15) is 9.59 Å². The fourth-order valence-electron chi connectivity index (χ4n) is 8.05. The molecule has 0 amide bonds. The molecule has 2 aromatic heterocycles. The summed E-state index contributed by atoms with van der Waals surface area (Å²) in [6, 6.07) is 9.10. The summed E-state index contributed by atoms with van der Waals surface area (Å²) in [7, 11) is 0. The second-order valence-corrected chi connectivity index (χ2v) is 17.6. The van der Waals surface area contributed by atoms with E-state index in [-0.39, 0.29) is 47.8 Å². The molecule has 4 aliphatic rings. The first-order chi connectivity index (χ1) is 25.7. The van der Waals surface area contributed by atoms with Crippen molar-refractivity contribution in [1.29, 1.82) is 0 Å². The van der Waals surface area contributed by atoms with Crippen LogP contribution >= 0.6 is 0 Å². The number of anilines is 2. The zero-order valence-corrected chi connectivity index (χ0v) is 33.4. The summed E-state index contributed by atoms with van der Waals surface area (Å²) in [5, 5.41) is 0. The maximum Gasteiger partial charge on any atom is 0.306 e. The number of carbonyl (C=O) groups excluding carboxylic acids is 2. The molecule has 2 atom stereocenters. The minimum Gasteiger partial charge on any atom is -0.459 e. The van der Waals surface area contributed by atoms with Gasteiger partial charge in [-0.15, -0.1) is 0 Å². The van der Waals surface area contributed by atoms with Crippen molar-refractivity contribution in [1.82, 2.24) is 9.97 Å². The molecule has 2 aliphatic heterocycles. The van der Waals surface area contributed by atoms with E-state index in [0.29, 0.717) is 25.9 Å². The molecule has 4 heterocycles. The number of ether oxygens (including phenoxy) is 2. The lowest BCUT2D eigenvalue weighted by atomic mass is 9.91. The summed E-state index contributed by atoms with van der Waals surface area (Å²) in [4.78, 5) is 49.7. The maximum absolute atomic E-state index is 12.6. The molecular formula is C44H56N6O4. The Morgan fingerprint density at radius 2 is 1.07 bits per heavy atom. The highest BCUT2D eigenvalue weighted by atomic mass is 16.5. The molecule has 10 nitrogen and oxygen atoms in total. The Balaban J connectivity index is 1.08. The Hall–Kier alpha value is -4.60. The summed E-state index contributed by atoms with van der Waals surface area (Å²) < 4.78 is 11.5. The van der Waals surface area contributed by atoms with Crippen LogP contribution in [0.25, 0.3) is 0 Å². The Morgan fingerprint density at radius 3 is 1.43 bits per heavy atom. The monoisotopic (exact) mass is 732 g/mol. The normalized spacial score (nSPS) is 20.4. The first kappa shape index (κ1) is 37.7. The number of aromatic nitrogens is 2. The topological polar surface area (TPSA) is 110 Å². The highest BCUT2D eigenvalue weighted by Gasteiger charge is 2.40. The Morgan fingerprint density at radius 1 is 0.685 bits per heavy atom. The lowest BCUT2D eigenvalue weighted by molar-refractivity contribution is -0.148. The van der Waals surface area contributed by atoms with Crippen LogP contribution in [0.1, 0.15) is 138 Å². The molecule has 0 bridgehead atoms. The van der Waals surface area contributed by atoms with Crippen LogP contribution in [0, 0.1) is 10.8 Å². The predicted molar refractivity (Wildman–Crippen MR) is 214 cm³/mol. The Labute approximate surface area is 320 Å². The van der Waals surface area contributed by atoms with Crippen molar-refractivity contribution in [3.8, 4) is 0 Å². The minimum absolute atomic E-state index is 0.135.